The van der Waals surface area contributed by atoms with Crippen molar-refractivity contribution >= 4 is 16.9 Å². The zero-order valence-electron chi connectivity index (χ0n) is 14.2. The quantitative estimate of drug-likeness (QED) is 0.750. The number of carbonyl (C=O) groups excluding carboxylic acids is 1. The Morgan fingerprint density at radius 1 is 1.40 bits per heavy atom. The number of hydrogen-bond donors (Lipinski definition) is 2. The smallest absolute Gasteiger partial charge is 0.220 e. The lowest BCUT2D eigenvalue weighted by atomic mass is 9.93. The summed E-state index contributed by atoms with van der Waals surface area (Å²) in [6.07, 6.45) is 5.19. The average Bonchev–Trinajstić information content (AvgIpc) is 3.27. The second-order valence-corrected chi connectivity index (χ2v) is 6.45. The van der Waals surface area contributed by atoms with Crippen LogP contribution in [-0.2, 0) is 17.9 Å². The molecule has 3 aromatic rings. The third kappa shape index (κ3) is 3.30. The highest BCUT2D eigenvalue weighted by Crippen LogP contribution is 2.25. The zero-order chi connectivity index (χ0) is 17.2. The summed E-state index contributed by atoms with van der Waals surface area (Å²) in [5.74, 6) is 0.997. The predicted octanol–water partition coefficient (Wildman–Crippen LogP) is 2.76. The van der Waals surface area contributed by atoms with E-state index in [1.165, 1.54) is 0 Å². The Morgan fingerprint density at radius 3 is 3.08 bits per heavy atom. The van der Waals surface area contributed by atoms with Crippen LogP contribution in [0.1, 0.15) is 37.1 Å². The molecule has 0 radical (unpaired) electrons. The summed E-state index contributed by atoms with van der Waals surface area (Å²) in [7, 11) is 0. The predicted molar refractivity (Wildman–Crippen MR) is 94.9 cm³/mol. The van der Waals surface area contributed by atoms with Crippen LogP contribution in [0.15, 0.2) is 47.1 Å². The number of aromatic nitrogens is 2. The fourth-order valence-electron chi connectivity index (χ4n) is 3.40. The van der Waals surface area contributed by atoms with E-state index in [0.717, 1.165) is 35.3 Å². The second kappa shape index (κ2) is 6.72. The minimum absolute atomic E-state index is 0.0640. The number of aryl methyl sites for hydroxylation is 1. The van der Waals surface area contributed by atoms with Crippen LogP contribution in [-0.4, -0.2) is 21.7 Å². The Kier molecular flexibility index (Phi) is 4.28. The van der Waals surface area contributed by atoms with Crippen LogP contribution in [0.25, 0.3) is 11.0 Å². The van der Waals surface area contributed by atoms with Crippen molar-refractivity contribution in [1.29, 1.82) is 0 Å². The molecule has 25 heavy (non-hydrogen) atoms. The molecule has 2 aromatic heterocycles. The Balaban J connectivity index is 1.49. The molecule has 1 aliphatic rings. The topological polar surface area (TPSA) is 72.1 Å². The lowest BCUT2D eigenvalue weighted by molar-refractivity contribution is -0.123. The molecule has 2 atom stereocenters. The molecule has 0 aliphatic carbocycles. The third-order valence-electron chi connectivity index (χ3n) is 4.75. The highest BCUT2D eigenvalue weighted by atomic mass is 16.3. The molecule has 1 amide bonds. The Morgan fingerprint density at radius 2 is 2.28 bits per heavy atom. The van der Waals surface area contributed by atoms with E-state index in [9.17, 15) is 4.79 Å². The first-order valence-electron chi connectivity index (χ1n) is 8.75. The molecule has 0 saturated carbocycles. The minimum Gasteiger partial charge on any atom is -0.460 e. The molecule has 1 aliphatic heterocycles. The van der Waals surface area contributed by atoms with Gasteiger partial charge in [-0.1, -0.05) is 18.2 Å². The molecular formula is C19H22N4O2. The van der Waals surface area contributed by atoms with E-state index in [1.807, 2.05) is 48.3 Å². The van der Waals surface area contributed by atoms with Crippen LogP contribution < -0.4 is 10.6 Å². The summed E-state index contributed by atoms with van der Waals surface area (Å²) in [6, 6.07) is 10.2. The highest BCUT2D eigenvalue weighted by Gasteiger charge is 2.30. The molecule has 1 aromatic carbocycles. The van der Waals surface area contributed by atoms with Gasteiger partial charge in [-0.05, 0) is 25.5 Å². The minimum atomic E-state index is -0.0640. The summed E-state index contributed by atoms with van der Waals surface area (Å²) in [5, 5.41) is 12.1. The molecule has 1 saturated heterocycles. The van der Waals surface area contributed by atoms with Gasteiger partial charge in [-0.15, -0.1) is 0 Å². The van der Waals surface area contributed by atoms with Crippen molar-refractivity contribution in [2.24, 2.45) is 0 Å². The summed E-state index contributed by atoms with van der Waals surface area (Å²) in [5.41, 5.74) is 1.94. The van der Waals surface area contributed by atoms with Gasteiger partial charge < -0.3 is 15.1 Å². The standard InChI is InChI=1S/C19H22N4O2/c1-2-23-12-14(10-21-23)19-16(7-8-18(24)22-19)20-11-15-9-13-5-3-4-6-17(13)25-15/h3-6,9-10,12,16,19-20H,2,7-8,11H2,1H3,(H,22,24)/t16-,19+/m1/s1. The van der Waals surface area contributed by atoms with Gasteiger partial charge in [-0.3, -0.25) is 9.48 Å². The fraction of sp³-hybridized carbons (Fsp3) is 0.368. The summed E-state index contributed by atoms with van der Waals surface area (Å²) in [6.45, 7) is 3.50. The molecule has 0 unspecified atom stereocenters. The summed E-state index contributed by atoms with van der Waals surface area (Å²) >= 11 is 0. The Hall–Kier alpha value is -2.60. The highest BCUT2D eigenvalue weighted by molar-refractivity contribution is 5.78. The van der Waals surface area contributed by atoms with E-state index in [0.29, 0.717) is 13.0 Å². The Bertz CT molecular complexity index is 849. The molecule has 1 fully saturated rings. The van der Waals surface area contributed by atoms with Gasteiger partial charge in [0.25, 0.3) is 0 Å². The first-order chi connectivity index (χ1) is 12.2. The summed E-state index contributed by atoms with van der Waals surface area (Å²) < 4.78 is 7.76. The molecule has 4 rings (SSSR count). The molecule has 0 bridgehead atoms. The van der Waals surface area contributed by atoms with Crippen LogP contribution in [0.3, 0.4) is 0 Å². The zero-order valence-corrected chi connectivity index (χ0v) is 14.2. The van der Waals surface area contributed by atoms with Crippen molar-refractivity contribution in [1.82, 2.24) is 20.4 Å². The van der Waals surface area contributed by atoms with Gasteiger partial charge in [0.2, 0.25) is 5.91 Å². The molecule has 2 N–H and O–H groups in total. The van der Waals surface area contributed by atoms with Gasteiger partial charge in [0.15, 0.2) is 0 Å². The first kappa shape index (κ1) is 15.9. The lowest BCUT2D eigenvalue weighted by Gasteiger charge is -2.32. The number of carbonyl (C=O) groups is 1. The van der Waals surface area contributed by atoms with Gasteiger partial charge in [0, 0.05) is 36.2 Å². The van der Waals surface area contributed by atoms with E-state index in [1.54, 1.807) is 0 Å². The van der Waals surface area contributed by atoms with Gasteiger partial charge in [0.1, 0.15) is 11.3 Å². The number of furan rings is 1. The van der Waals surface area contributed by atoms with Crippen LogP contribution in [0.4, 0.5) is 0 Å². The van der Waals surface area contributed by atoms with Gasteiger partial charge in [-0.25, -0.2) is 0 Å². The number of benzene rings is 1. The third-order valence-corrected chi connectivity index (χ3v) is 4.75. The molecule has 130 valence electrons. The van der Waals surface area contributed by atoms with Crippen LogP contribution in [0.5, 0.6) is 0 Å². The van der Waals surface area contributed by atoms with Crippen molar-refractivity contribution in [3.05, 3.63) is 54.0 Å². The lowest BCUT2D eigenvalue weighted by Crippen LogP contribution is -2.48. The maximum absolute atomic E-state index is 11.9. The summed E-state index contributed by atoms with van der Waals surface area (Å²) in [4.78, 5) is 11.9. The van der Waals surface area contributed by atoms with Crippen molar-refractivity contribution in [2.75, 3.05) is 0 Å². The SMILES string of the molecule is CCn1cc([C@@H]2NC(=O)CC[C@H]2NCc2cc3ccccc3o2)cn1. The van der Waals surface area contributed by atoms with Crippen molar-refractivity contribution < 1.29 is 9.21 Å². The maximum Gasteiger partial charge on any atom is 0.220 e. The molecule has 6 heteroatoms. The number of hydrogen-bond acceptors (Lipinski definition) is 4. The number of para-hydroxylation sites is 1. The van der Waals surface area contributed by atoms with Crippen molar-refractivity contribution in [2.45, 2.75) is 44.9 Å². The van der Waals surface area contributed by atoms with Crippen LogP contribution in [0.2, 0.25) is 0 Å². The van der Waals surface area contributed by atoms with Gasteiger partial charge in [-0.2, -0.15) is 5.10 Å². The maximum atomic E-state index is 11.9. The van der Waals surface area contributed by atoms with E-state index in [-0.39, 0.29) is 18.0 Å². The molecule has 3 heterocycles. The van der Waals surface area contributed by atoms with Gasteiger partial charge in [0.05, 0.1) is 18.8 Å². The number of fused-ring (bicyclic) bond motifs is 1. The van der Waals surface area contributed by atoms with E-state index in [2.05, 4.69) is 21.8 Å². The number of nitrogens with zero attached hydrogens (tertiary/aromatic N) is 2. The van der Waals surface area contributed by atoms with Gasteiger partial charge >= 0.3 is 0 Å². The number of nitrogens with one attached hydrogen (secondary N) is 2. The van der Waals surface area contributed by atoms with Crippen LogP contribution >= 0.6 is 0 Å². The second-order valence-electron chi connectivity index (χ2n) is 6.45. The average molecular weight is 338 g/mol. The van der Waals surface area contributed by atoms with Crippen LogP contribution in [0, 0.1) is 0 Å². The van der Waals surface area contributed by atoms with E-state index >= 15 is 0 Å². The van der Waals surface area contributed by atoms with E-state index in [4.69, 9.17) is 4.42 Å². The van der Waals surface area contributed by atoms with Crippen molar-refractivity contribution in [3.8, 4) is 0 Å². The number of piperidine rings is 1. The fourth-order valence-corrected chi connectivity index (χ4v) is 3.40. The number of amides is 1. The normalized spacial score (nSPS) is 20.8. The van der Waals surface area contributed by atoms with Crippen molar-refractivity contribution in [3.63, 3.8) is 0 Å². The molecule has 0 spiro atoms. The number of rotatable bonds is 5. The molecule has 6 nitrogen and oxygen atoms in total. The van der Waals surface area contributed by atoms with E-state index < -0.39 is 0 Å². The first-order valence-corrected chi connectivity index (χ1v) is 8.75. The monoisotopic (exact) mass is 338 g/mol. The Labute approximate surface area is 146 Å². The molecular weight excluding hydrogens is 316 g/mol. The largest absolute Gasteiger partial charge is 0.460 e.